The van der Waals surface area contributed by atoms with Crippen LogP contribution in [-0.2, 0) is 11.8 Å². The molecule has 0 saturated carbocycles. The van der Waals surface area contributed by atoms with Crippen LogP contribution in [0.25, 0.3) is 11.3 Å². The monoisotopic (exact) mass is 364 g/mol. The first kappa shape index (κ1) is 16.5. The van der Waals surface area contributed by atoms with Gasteiger partial charge in [-0.1, -0.05) is 23.7 Å². The lowest BCUT2D eigenvalue weighted by Gasteiger charge is -2.05. The number of oxazole rings is 1. The van der Waals surface area contributed by atoms with E-state index in [1.165, 1.54) is 11.8 Å². The molecule has 0 aliphatic heterocycles. The summed E-state index contributed by atoms with van der Waals surface area (Å²) in [6.45, 7) is 1.55. The average Bonchev–Trinajstić information content (AvgIpc) is 3.14. The van der Waals surface area contributed by atoms with E-state index in [0.717, 1.165) is 5.56 Å². The molecular weight excluding hydrogens is 352 g/mol. The smallest absolute Gasteiger partial charge is 0.314 e. The fraction of sp³-hybridized carbons (Fsp3) is 0.200. The molecular formula is C15H13ClN4O3S. The largest absolute Gasteiger partial charge is 0.481 e. The van der Waals surface area contributed by atoms with E-state index in [0.29, 0.717) is 21.1 Å². The summed E-state index contributed by atoms with van der Waals surface area (Å²) in [5.74, 6) is -1.54. The Morgan fingerprint density at radius 2 is 2.08 bits per heavy atom. The van der Waals surface area contributed by atoms with Gasteiger partial charge in [-0.05, 0) is 19.1 Å². The number of hydrogen-bond acceptors (Lipinski definition) is 6. The molecule has 0 amide bonds. The Morgan fingerprint density at radius 3 is 2.67 bits per heavy atom. The minimum absolute atomic E-state index is 0.287. The molecule has 124 valence electrons. The molecule has 1 atom stereocenters. The molecule has 7 nitrogen and oxygen atoms in total. The second kappa shape index (κ2) is 6.66. The molecule has 24 heavy (non-hydrogen) atoms. The van der Waals surface area contributed by atoms with Crippen LogP contribution >= 0.6 is 23.4 Å². The summed E-state index contributed by atoms with van der Waals surface area (Å²) >= 11 is 7.08. The van der Waals surface area contributed by atoms with Crippen LogP contribution in [0.2, 0.25) is 5.02 Å². The summed E-state index contributed by atoms with van der Waals surface area (Å²) in [6.07, 6.45) is 1.56. The highest BCUT2D eigenvalue weighted by atomic mass is 35.5. The summed E-state index contributed by atoms with van der Waals surface area (Å²) in [6, 6.07) is 6.98. The van der Waals surface area contributed by atoms with Crippen molar-refractivity contribution < 1.29 is 14.3 Å². The maximum Gasteiger partial charge on any atom is 0.314 e. The van der Waals surface area contributed by atoms with E-state index in [1.807, 2.05) is 0 Å². The maximum absolute atomic E-state index is 11.4. The number of hydrogen-bond donors (Lipinski definition) is 1. The second-order valence-corrected chi connectivity index (χ2v) is 6.44. The molecule has 1 unspecified atom stereocenters. The lowest BCUT2D eigenvalue weighted by atomic mass is 10.0. The van der Waals surface area contributed by atoms with Crippen LogP contribution in [0.5, 0.6) is 0 Å². The number of benzene rings is 1. The molecule has 9 heteroatoms. The number of aliphatic carboxylic acids is 1. The first-order valence-corrected chi connectivity index (χ1v) is 8.16. The normalized spacial score (nSPS) is 12.3. The van der Waals surface area contributed by atoms with Gasteiger partial charge in [0, 0.05) is 29.4 Å². The molecule has 2 heterocycles. The topological polar surface area (TPSA) is 94.0 Å². The van der Waals surface area contributed by atoms with Crippen LogP contribution in [-0.4, -0.2) is 30.8 Å². The Bertz CT molecular complexity index is 875. The first-order chi connectivity index (χ1) is 11.5. The van der Waals surface area contributed by atoms with Gasteiger partial charge in [0.25, 0.3) is 5.22 Å². The summed E-state index contributed by atoms with van der Waals surface area (Å²) < 4.78 is 7.43. The molecule has 1 aromatic carbocycles. The van der Waals surface area contributed by atoms with E-state index in [-0.39, 0.29) is 5.76 Å². The molecule has 0 aliphatic carbocycles. The number of rotatable bonds is 5. The molecule has 2 aromatic heterocycles. The lowest BCUT2D eigenvalue weighted by Crippen LogP contribution is -2.07. The van der Waals surface area contributed by atoms with Gasteiger partial charge in [0.05, 0.1) is 0 Å². The van der Waals surface area contributed by atoms with Crippen LogP contribution < -0.4 is 0 Å². The van der Waals surface area contributed by atoms with Gasteiger partial charge in [-0.3, -0.25) is 4.79 Å². The van der Waals surface area contributed by atoms with Gasteiger partial charge in [0.2, 0.25) is 0 Å². The van der Waals surface area contributed by atoms with Crippen molar-refractivity contribution in [2.45, 2.75) is 23.2 Å². The molecule has 3 rings (SSSR count). The standard InChI is InChI=1S/C15H13ClN4O3S/c1-8(13(21)22)12-11(9-3-5-10(16)6-4-9)18-15(23-12)24-14-19-17-7-20(14)2/h3-8H,1-2H3,(H,21,22). The Kier molecular flexibility index (Phi) is 4.59. The van der Waals surface area contributed by atoms with Crippen molar-refractivity contribution in [2.75, 3.05) is 0 Å². The van der Waals surface area contributed by atoms with Crippen LogP contribution in [0.15, 0.2) is 45.4 Å². The van der Waals surface area contributed by atoms with Gasteiger partial charge in [-0.15, -0.1) is 10.2 Å². The molecule has 0 bridgehead atoms. The van der Waals surface area contributed by atoms with E-state index in [4.69, 9.17) is 16.0 Å². The summed E-state index contributed by atoms with van der Waals surface area (Å²) in [7, 11) is 1.80. The zero-order valence-electron chi connectivity index (χ0n) is 12.8. The number of halogens is 1. The predicted octanol–water partition coefficient (Wildman–Crippen LogP) is 3.46. The molecule has 1 N–H and O–H groups in total. The minimum atomic E-state index is -0.989. The van der Waals surface area contributed by atoms with Gasteiger partial charge in [-0.2, -0.15) is 0 Å². The highest BCUT2D eigenvalue weighted by Gasteiger charge is 2.26. The molecule has 0 spiro atoms. The van der Waals surface area contributed by atoms with Crippen LogP contribution in [0.4, 0.5) is 0 Å². The predicted molar refractivity (Wildman–Crippen MR) is 88.1 cm³/mol. The van der Waals surface area contributed by atoms with Crippen LogP contribution in [0.1, 0.15) is 18.6 Å². The Labute approximate surface area is 146 Å². The highest BCUT2D eigenvalue weighted by molar-refractivity contribution is 7.99. The summed E-state index contributed by atoms with van der Waals surface area (Å²) in [4.78, 5) is 15.8. The molecule has 3 aromatic rings. The SMILES string of the molecule is CC(C(=O)O)c1oc(Sc2nncn2C)nc1-c1ccc(Cl)cc1. The maximum atomic E-state index is 11.4. The third kappa shape index (κ3) is 3.29. The number of carboxylic acid groups (broad SMARTS) is 1. The van der Waals surface area contributed by atoms with E-state index >= 15 is 0 Å². The minimum Gasteiger partial charge on any atom is -0.481 e. The Morgan fingerprint density at radius 1 is 1.38 bits per heavy atom. The van der Waals surface area contributed by atoms with E-state index in [2.05, 4.69) is 15.2 Å². The summed E-state index contributed by atoms with van der Waals surface area (Å²) in [5, 5.41) is 18.6. The number of aryl methyl sites for hydroxylation is 1. The van der Waals surface area contributed by atoms with Crippen molar-refractivity contribution in [3.63, 3.8) is 0 Å². The van der Waals surface area contributed by atoms with Crippen molar-refractivity contribution in [3.8, 4) is 11.3 Å². The number of aromatic nitrogens is 4. The van der Waals surface area contributed by atoms with Crippen LogP contribution in [0, 0.1) is 0 Å². The van der Waals surface area contributed by atoms with E-state index < -0.39 is 11.9 Å². The number of nitrogens with zero attached hydrogens (tertiary/aromatic N) is 4. The number of carboxylic acids is 1. The molecule has 0 aliphatic rings. The van der Waals surface area contributed by atoms with Gasteiger partial charge in [0.15, 0.2) is 5.16 Å². The van der Waals surface area contributed by atoms with Gasteiger partial charge in [-0.25, -0.2) is 4.98 Å². The van der Waals surface area contributed by atoms with Crippen molar-refractivity contribution in [1.29, 1.82) is 0 Å². The number of carbonyl (C=O) groups is 1. The average molecular weight is 365 g/mol. The van der Waals surface area contributed by atoms with Crippen molar-refractivity contribution >= 4 is 29.3 Å². The van der Waals surface area contributed by atoms with Crippen molar-refractivity contribution in [1.82, 2.24) is 19.7 Å². The first-order valence-electron chi connectivity index (χ1n) is 6.97. The Hall–Kier alpha value is -2.32. The van der Waals surface area contributed by atoms with Gasteiger partial charge < -0.3 is 14.1 Å². The Balaban J connectivity index is 2.03. The fourth-order valence-corrected chi connectivity index (χ4v) is 2.85. The van der Waals surface area contributed by atoms with Gasteiger partial charge >= 0.3 is 5.97 Å². The van der Waals surface area contributed by atoms with E-state index in [1.54, 1.807) is 49.1 Å². The van der Waals surface area contributed by atoms with Crippen LogP contribution in [0.3, 0.4) is 0 Å². The third-order valence-electron chi connectivity index (χ3n) is 3.36. The third-order valence-corrected chi connectivity index (χ3v) is 4.52. The van der Waals surface area contributed by atoms with E-state index in [9.17, 15) is 9.90 Å². The zero-order valence-corrected chi connectivity index (χ0v) is 14.4. The molecule has 0 fully saturated rings. The van der Waals surface area contributed by atoms with Crippen molar-refractivity contribution in [2.24, 2.45) is 7.05 Å². The molecule has 0 radical (unpaired) electrons. The lowest BCUT2D eigenvalue weighted by molar-refractivity contribution is -0.138. The highest BCUT2D eigenvalue weighted by Crippen LogP contribution is 2.35. The quantitative estimate of drug-likeness (QED) is 0.740. The zero-order chi connectivity index (χ0) is 17.3. The second-order valence-electron chi connectivity index (χ2n) is 5.09. The summed E-state index contributed by atoms with van der Waals surface area (Å²) in [5.41, 5.74) is 1.21. The van der Waals surface area contributed by atoms with Crippen molar-refractivity contribution in [3.05, 3.63) is 41.4 Å². The fourth-order valence-electron chi connectivity index (χ4n) is 2.02. The molecule has 0 saturated heterocycles. The van der Waals surface area contributed by atoms with Gasteiger partial charge in [0.1, 0.15) is 23.7 Å².